The molecule has 106 valence electrons. The number of nitrogens with one attached hydrogen (secondary N) is 1. The van der Waals surface area contributed by atoms with Crippen molar-refractivity contribution in [2.45, 2.75) is 57.0 Å². The third-order valence-corrected chi connectivity index (χ3v) is 5.54. The average Bonchev–Trinajstić information content (AvgIpc) is 3.09. The maximum Gasteiger partial charge on any atom is 0.0794 e. The maximum atomic E-state index is 4.42. The minimum Gasteiger partial charge on any atom is -0.308 e. The number of piperazine rings is 1. The Labute approximate surface area is 120 Å². The summed E-state index contributed by atoms with van der Waals surface area (Å²) < 4.78 is 0. The van der Waals surface area contributed by atoms with Crippen molar-refractivity contribution in [2.24, 2.45) is 0 Å². The van der Waals surface area contributed by atoms with Crippen molar-refractivity contribution >= 4 is 11.3 Å². The Bertz CT molecular complexity index is 384. The zero-order valence-corrected chi connectivity index (χ0v) is 12.7. The van der Waals surface area contributed by atoms with Gasteiger partial charge in [-0.15, -0.1) is 11.3 Å². The fourth-order valence-corrected chi connectivity index (χ4v) is 4.30. The molecule has 2 fully saturated rings. The molecule has 0 aromatic carbocycles. The summed E-state index contributed by atoms with van der Waals surface area (Å²) in [7, 11) is 0. The van der Waals surface area contributed by atoms with Gasteiger partial charge in [-0.25, -0.2) is 4.98 Å². The summed E-state index contributed by atoms with van der Waals surface area (Å²) >= 11 is 1.71. The van der Waals surface area contributed by atoms with Crippen LogP contribution < -0.4 is 5.32 Å². The molecule has 19 heavy (non-hydrogen) atoms. The molecule has 0 bridgehead atoms. The van der Waals surface area contributed by atoms with E-state index >= 15 is 0 Å². The van der Waals surface area contributed by atoms with Crippen molar-refractivity contribution in [1.82, 2.24) is 15.2 Å². The first-order chi connectivity index (χ1) is 9.31. The first-order valence-electron chi connectivity index (χ1n) is 7.67. The van der Waals surface area contributed by atoms with Gasteiger partial charge in [0.2, 0.25) is 0 Å². The van der Waals surface area contributed by atoms with E-state index in [-0.39, 0.29) is 0 Å². The number of rotatable bonds is 4. The number of nitrogens with zero attached hydrogens (tertiary/aromatic N) is 2. The highest BCUT2D eigenvalue weighted by Crippen LogP contribution is 2.33. The molecule has 1 N–H and O–H groups in total. The van der Waals surface area contributed by atoms with Gasteiger partial charge in [0.25, 0.3) is 0 Å². The van der Waals surface area contributed by atoms with E-state index in [1.807, 2.05) is 5.51 Å². The lowest BCUT2D eigenvalue weighted by Gasteiger charge is -2.46. The number of hydrogen-bond acceptors (Lipinski definition) is 4. The summed E-state index contributed by atoms with van der Waals surface area (Å²) in [5, 5.41) is 6.05. The molecule has 3 rings (SSSR count). The van der Waals surface area contributed by atoms with Crippen LogP contribution in [0.2, 0.25) is 0 Å². The predicted molar refractivity (Wildman–Crippen MR) is 80.7 cm³/mol. The molecule has 1 aromatic rings. The van der Waals surface area contributed by atoms with Crippen LogP contribution in [-0.4, -0.2) is 41.1 Å². The second-order valence-electron chi connectivity index (χ2n) is 6.13. The molecule has 2 aliphatic rings. The van der Waals surface area contributed by atoms with Crippen LogP contribution in [0.1, 0.15) is 44.7 Å². The molecule has 1 spiro atoms. The SMILES string of the molecule is CCC1CNC2(CCCC2)CN1CCc1cscn1. The van der Waals surface area contributed by atoms with Crippen molar-refractivity contribution in [1.29, 1.82) is 0 Å². The van der Waals surface area contributed by atoms with Gasteiger partial charge in [0.15, 0.2) is 0 Å². The summed E-state index contributed by atoms with van der Waals surface area (Å²) in [6, 6.07) is 0.713. The fraction of sp³-hybridized carbons (Fsp3) is 0.800. The molecule has 1 aromatic heterocycles. The van der Waals surface area contributed by atoms with Gasteiger partial charge in [-0.2, -0.15) is 0 Å². The molecule has 1 saturated heterocycles. The van der Waals surface area contributed by atoms with E-state index in [1.165, 1.54) is 57.4 Å². The van der Waals surface area contributed by atoms with Gasteiger partial charge in [-0.1, -0.05) is 19.8 Å². The van der Waals surface area contributed by atoms with Crippen LogP contribution in [-0.2, 0) is 6.42 Å². The van der Waals surface area contributed by atoms with E-state index < -0.39 is 0 Å². The smallest absolute Gasteiger partial charge is 0.0794 e. The number of thiazole rings is 1. The zero-order valence-electron chi connectivity index (χ0n) is 11.9. The van der Waals surface area contributed by atoms with Crippen LogP contribution >= 0.6 is 11.3 Å². The van der Waals surface area contributed by atoms with Crippen LogP contribution in [0.4, 0.5) is 0 Å². The lowest BCUT2D eigenvalue weighted by Crippen LogP contribution is -2.63. The third-order valence-electron chi connectivity index (χ3n) is 4.91. The van der Waals surface area contributed by atoms with Gasteiger partial charge in [0, 0.05) is 43.0 Å². The summed E-state index contributed by atoms with van der Waals surface area (Å²) in [4.78, 5) is 7.14. The molecular weight excluding hydrogens is 254 g/mol. The lowest BCUT2D eigenvalue weighted by atomic mass is 9.91. The number of aromatic nitrogens is 1. The van der Waals surface area contributed by atoms with E-state index in [4.69, 9.17) is 0 Å². The first-order valence-corrected chi connectivity index (χ1v) is 8.62. The van der Waals surface area contributed by atoms with Crippen molar-refractivity contribution in [3.8, 4) is 0 Å². The Kier molecular flexibility index (Phi) is 4.20. The highest BCUT2D eigenvalue weighted by Gasteiger charge is 2.40. The van der Waals surface area contributed by atoms with Crippen molar-refractivity contribution in [3.63, 3.8) is 0 Å². The van der Waals surface area contributed by atoms with Crippen LogP contribution in [0.25, 0.3) is 0 Å². The summed E-state index contributed by atoms with van der Waals surface area (Å²) in [5.74, 6) is 0. The first kappa shape index (κ1) is 13.5. The van der Waals surface area contributed by atoms with E-state index in [1.54, 1.807) is 11.3 Å². The minimum absolute atomic E-state index is 0.438. The molecule has 1 atom stereocenters. The Morgan fingerprint density at radius 2 is 2.32 bits per heavy atom. The predicted octanol–water partition coefficient (Wildman–Crippen LogP) is 2.68. The van der Waals surface area contributed by atoms with Gasteiger partial charge in [0.05, 0.1) is 11.2 Å². The van der Waals surface area contributed by atoms with Crippen LogP contribution in [0.5, 0.6) is 0 Å². The summed E-state index contributed by atoms with van der Waals surface area (Å²) in [6.07, 6.45) is 7.91. The minimum atomic E-state index is 0.438. The van der Waals surface area contributed by atoms with Crippen LogP contribution in [0.3, 0.4) is 0 Å². The maximum absolute atomic E-state index is 4.42. The largest absolute Gasteiger partial charge is 0.308 e. The van der Waals surface area contributed by atoms with Gasteiger partial charge in [-0.3, -0.25) is 4.90 Å². The van der Waals surface area contributed by atoms with Gasteiger partial charge in [0.1, 0.15) is 0 Å². The van der Waals surface area contributed by atoms with Gasteiger partial charge < -0.3 is 5.32 Å². The lowest BCUT2D eigenvalue weighted by molar-refractivity contribution is 0.0792. The molecule has 0 amide bonds. The van der Waals surface area contributed by atoms with E-state index in [9.17, 15) is 0 Å². The highest BCUT2D eigenvalue weighted by molar-refractivity contribution is 7.07. The number of hydrogen-bond donors (Lipinski definition) is 1. The third kappa shape index (κ3) is 3.01. The molecular formula is C15H25N3S. The fourth-order valence-electron chi connectivity index (χ4n) is 3.71. The van der Waals surface area contributed by atoms with Gasteiger partial charge in [-0.05, 0) is 19.3 Å². The van der Waals surface area contributed by atoms with E-state index in [0.717, 1.165) is 6.42 Å². The molecule has 1 aliphatic heterocycles. The van der Waals surface area contributed by atoms with E-state index in [0.29, 0.717) is 11.6 Å². The van der Waals surface area contributed by atoms with E-state index in [2.05, 4.69) is 27.5 Å². The van der Waals surface area contributed by atoms with Crippen molar-refractivity contribution < 1.29 is 0 Å². The molecule has 1 saturated carbocycles. The topological polar surface area (TPSA) is 28.2 Å². The molecule has 2 heterocycles. The molecule has 0 radical (unpaired) electrons. The molecule has 1 unspecified atom stereocenters. The second kappa shape index (κ2) is 5.90. The monoisotopic (exact) mass is 279 g/mol. The van der Waals surface area contributed by atoms with Crippen molar-refractivity contribution in [3.05, 3.63) is 16.6 Å². The Morgan fingerprint density at radius 1 is 1.47 bits per heavy atom. The Morgan fingerprint density at radius 3 is 3.00 bits per heavy atom. The standard InChI is InChI=1S/C15H25N3S/c1-2-14-9-17-15(6-3-4-7-15)11-18(14)8-5-13-10-19-12-16-13/h10,12,14,17H,2-9,11H2,1H3. The molecule has 1 aliphatic carbocycles. The normalized spacial score (nSPS) is 27.1. The summed E-state index contributed by atoms with van der Waals surface area (Å²) in [5.41, 5.74) is 3.65. The Balaban J connectivity index is 1.62. The van der Waals surface area contributed by atoms with Crippen molar-refractivity contribution in [2.75, 3.05) is 19.6 Å². The summed E-state index contributed by atoms with van der Waals surface area (Å²) in [6.45, 7) is 5.91. The van der Waals surface area contributed by atoms with Crippen LogP contribution in [0.15, 0.2) is 10.9 Å². The quantitative estimate of drug-likeness (QED) is 0.918. The average molecular weight is 279 g/mol. The van der Waals surface area contributed by atoms with Gasteiger partial charge >= 0.3 is 0 Å². The highest BCUT2D eigenvalue weighted by atomic mass is 32.1. The Hall–Kier alpha value is -0.450. The molecule has 4 heteroatoms. The zero-order chi connectivity index (χ0) is 13.1. The molecule has 3 nitrogen and oxygen atoms in total. The second-order valence-corrected chi connectivity index (χ2v) is 6.85. The van der Waals surface area contributed by atoms with Crippen LogP contribution in [0, 0.1) is 0 Å².